The fourth-order valence-corrected chi connectivity index (χ4v) is 0.788. The van der Waals surface area contributed by atoms with Gasteiger partial charge >= 0.3 is 0 Å². The summed E-state index contributed by atoms with van der Waals surface area (Å²) in [5.74, 6) is 0. The molecule has 2 unspecified atom stereocenters. The largest absolute Gasteiger partial charge is 0.376 e. The topological polar surface area (TPSA) is 44.5 Å². The highest BCUT2D eigenvalue weighted by molar-refractivity contribution is 4.59. The molecule has 0 heterocycles. The Morgan fingerprint density at radius 2 is 1.73 bits per heavy atom. The molecule has 68 valence electrons. The highest BCUT2D eigenvalue weighted by Gasteiger charge is 2.11. The van der Waals surface area contributed by atoms with Gasteiger partial charge in [0.05, 0.1) is 18.8 Å². The molecular weight excluding hydrogens is 142 g/mol. The van der Waals surface area contributed by atoms with Gasteiger partial charge in [-0.05, 0) is 20.8 Å². The third kappa shape index (κ3) is 5.18. The maximum absolute atomic E-state index is 5.36. The van der Waals surface area contributed by atoms with Crippen LogP contribution in [0.1, 0.15) is 20.8 Å². The van der Waals surface area contributed by atoms with Crippen LogP contribution >= 0.6 is 0 Å². The molecular formula is C8H19NO2. The Kier molecular flexibility index (Phi) is 6.51. The minimum absolute atomic E-state index is 0.137. The van der Waals surface area contributed by atoms with Crippen LogP contribution in [0.25, 0.3) is 0 Å². The third-order valence-electron chi connectivity index (χ3n) is 1.59. The van der Waals surface area contributed by atoms with E-state index in [1.165, 1.54) is 0 Å². The van der Waals surface area contributed by atoms with Gasteiger partial charge < -0.3 is 15.2 Å². The first-order valence-corrected chi connectivity index (χ1v) is 4.15. The normalized spacial score (nSPS) is 16.4. The zero-order valence-corrected chi connectivity index (χ0v) is 7.67. The second kappa shape index (κ2) is 6.58. The highest BCUT2D eigenvalue weighted by atomic mass is 16.5. The van der Waals surface area contributed by atoms with Crippen LogP contribution in [0.3, 0.4) is 0 Å². The summed E-state index contributed by atoms with van der Waals surface area (Å²) >= 11 is 0. The van der Waals surface area contributed by atoms with E-state index in [-0.39, 0.29) is 12.2 Å². The highest BCUT2D eigenvalue weighted by Crippen LogP contribution is 2.01. The van der Waals surface area contributed by atoms with Gasteiger partial charge in [0.15, 0.2) is 0 Å². The molecule has 0 aliphatic rings. The lowest BCUT2D eigenvalue weighted by atomic mass is 10.2. The van der Waals surface area contributed by atoms with Crippen LogP contribution in [-0.4, -0.2) is 32.0 Å². The van der Waals surface area contributed by atoms with Gasteiger partial charge in [-0.3, -0.25) is 0 Å². The van der Waals surface area contributed by atoms with Gasteiger partial charge in [-0.25, -0.2) is 0 Å². The molecule has 0 fully saturated rings. The summed E-state index contributed by atoms with van der Waals surface area (Å²) in [7, 11) is 0. The van der Waals surface area contributed by atoms with Crippen LogP contribution in [0.5, 0.6) is 0 Å². The van der Waals surface area contributed by atoms with E-state index < -0.39 is 0 Å². The average Bonchev–Trinajstić information content (AvgIpc) is 2.00. The van der Waals surface area contributed by atoms with Crippen LogP contribution in [0.4, 0.5) is 0 Å². The fourth-order valence-electron chi connectivity index (χ4n) is 0.788. The van der Waals surface area contributed by atoms with Crippen molar-refractivity contribution in [1.29, 1.82) is 0 Å². The molecule has 2 atom stereocenters. The molecule has 11 heavy (non-hydrogen) atoms. The van der Waals surface area contributed by atoms with E-state index in [2.05, 4.69) is 0 Å². The molecule has 0 radical (unpaired) electrons. The van der Waals surface area contributed by atoms with Crippen molar-refractivity contribution in [3.8, 4) is 0 Å². The van der Waals surface area contributed by atoms with E-state index in [9.17, 15) is 0 Å². The van der Waals surface area contributed by atoms with Crippen LogP contribution in [0.2, 0.25) is 0 Å². The first-order valence-electron chi connectivity index (χ1n) is 4.15. The van der Waals surface area contributed by atoms with E-state index >= 15 is 0 Å². The lowest BCUT2D eigenvalue weighted by Gasteiger charge is -2.19. The van der Waals surface area contributed by atoms with Crippen molar-refractivity contribution in [3.05, 3.63) is 0 Å². The monoisotopic (exact) mass is 161 g/mol. The molecule has 0 aliphatic carbocycles. The molecule has 0 aromatic heterocycles. The number of hydrogen-bond donors (Lipinski definition) is 1. The van der Waals surface area contributed by atoms with Gasteiger partial charge in [-0.2, -0.15) is 0 Å². The lowest BCUT2D eigenvalue weighted by Crippen LogP contribution is -2.28. The van der Waals surface area contributed by atoms with Gasteiger partial charge in [0.1, 0.15) is 0 Å². The smallest absolute Gasteiger partial charge is 0.0806 e. The minimum atomic E-state index is 0.137. The predicted octanol–water partition coefficient (Wildman–Crippen LogP) is 0.775. The zero-order valence-electron chi connectivity index (χ0n) is 7.67. The molecule has 0 aromatic rings. The summed E-state index contributed by atoms with van der Waals surface area (Å²) in [5.41, 5.74) is 5.29. The van der Waals surface area contributed by atoms with Crippen LogP contribution in [0, 0.1) is 0 Å². The van der Waals surface area contributed by atoms with Gasteiger partial charge in [0.25, 0.3) is 0 Å². The Hall–Kier alpha value is -0.120. The Labute approximate surface area is 68.9 Å². The van der Waals surface area contributed by atoms with Crippen molar-refractivity contribution < 1.29 is 9.47 Å². The number of hydrogen-bond acceptors (Lipinski definition) is 3. The standard InChI is InChI=1S/C8H19NO2/c1-4-10-7(2)8(3)11-6-5-9/h7-8H,4-6,9H2,1-3H3. The second-order valence-electron chi connectivity index (χ2n) is 2.53. The third-order valence-corrected chi connectivity index (χ3v) is 1.59. The Balaban J connectivity index is 3.38. The maximum atomic E-state index is 5.36. The summed E-state index contributed by atoms with van der Waals surface area (Å²) in [6.07, 6.45) is 0.296. The summed E-state index contributed by atoms with van der Waals surface area (Å²) < 4.78 is 10.7. The van der Waals surface area contributed by atoms with Crippen molar-refractivity contribution >= 4 is 0 Å². The summed E-state index contributed by atoms with van der Waals surface area (Å²) in [4.78, 5) is 0. The van der Waals surface area contributed by atoms with Crippen molar-refractivity contribution in [2.24, 2.45) is 5.73 Å². The maximum Gasteiger partial charge on any atom is 0.0806 e. The number of rotatable bonds is 6. The Bertz CT molecular complexity index is 88.2. The first-order chi connectivity index (χ1) is 5.22. The molecule has 0 aromatic carbocycles. The van der Waals surface area contributed by atoms with Crippen molar-refractivity contribution in [2.75, 3.05) is 19.8 Å². The summed E-state index contributed by atoms with van der Waals surface area (Å²) in [6.45, 7) is 7.89. The molecule has 0 saturated heterocycles. The quantitative estimate of drug-likeness (QED) is 0.626. The zero-order chi connectivity index (χ0) is 8.69. The van der Waals surface area contributed by atoms with Crippen LogP contribution in [0.15, 0.2) is 0 Å². The van der Waals surface area contributed by atoms with E-state index in [0.717, 1.165) is 6.61 Å². The first kappa shape index (κ1) is 10.9. The predicted molar refractivity (Wildman–Crippen MR) is 45.6 cm³/mol. The Morgan fingerprint density at radius 3 is 2.18 bits per heavy atom. The van der Waals surface area contributed by atoms with Gasteiger partial charge in [-0.15, -0.1) is 0 Å². The van der Waals surface area contributed by atoms with Crippen LogP contribution < -0.4 is 5.73 Å². The molecule has 0 saturated carbocycles. The number of nitrogens with two attached hydrogens (primary N) is 1. The molecule has 0 amide bonds. The molecule has 3 heteroatoms. The second-order valence-corrected chi connectivity index (χ2v) is 2.53. The van der Waals surface area contributed by atoms with Crippen molar-refractivity contribution in [3.63, 3.8) is 0 Å². The minimum Gasteiger partial charge on any atom is -0.376 e. The molecule has 2 N–H and O–H groups in total. The Morgan fingerprint density at radius 1 is 1.18 bits per heavy atom. The lowest BCUT2D eigenvalue weighted by molar-refractivity contribution is -0.0503. The van der Waals surface area contributed by atoms with Gasteiger partial charge in [0, 0.05) is 13.2 Å². The average molecular weight is 161 g/mol. The van der Waals surface area contributed by atoms with E-state index in [1.54, 1.807) is 0 Å². The molecule has 0 aliphatic heterocycles. The van der Waals surface area contributed by atoms with Crippen LogP contribution in [-0.2, 0) is 9.47 Å². The van der Waals surface area contributed by atoms with Crippen molar-refractivity contribution in [1.82, 2.24) is 0 Å². The van der Waals surface area contributed by atoms with E-state index in [4.69, 9.17) is 15.2 Å². The van der Waals surface area contributed by atoms with E-state index in [1.807, 2.05) is 20.8 Å². The summed E-state index contributed by atoms with van der Waals surface area (Å²) in [6, 6.07) is 0. The molecule has 0 bridgehead atoms. The SMILES string of the molecule is CCOC(C)C(C)OCCN. The van der Waals surface area contributed by atoms with Gasteiger partial charge in [0.2, 0.25) is 0 Å². The fraction of sp³-hybridized carbons (Fsp3) is 1.00. The summed E-state index contributed by atoms with van der Waals surface area (Å²) in [5, 5.41) is 0. The van der Waals surface area contributed by atoms with Crippen molar-refractivity contribution in [2.45, 2.75) is 33.0 Å². The molecule has 3 nitrogen and oxygen atoms in total. The molecule has 0 spiro atoms. The molecule has 0 rings (SSSR count). The number of ether oxygens (including phenoxy) is 2. The van der Waals surface area contributed by atoms with Gasteiger partial charge in [-0.1, -0.05) is 0 Å². The van der Waals surface area contributed by atoms with E-state index in [0.29, 0.717) is 13.2 Å².